The molecule has 6 nitrogen and oxygen atoms in total. The summed E-state index contributed by atoms with van der Waals surface area (Å²) in [5, 5.41) is 2.28. The average Bonchev–Trinajstić information content (AvgIpc) is 2.73. The van der Waals surface area contributed by atoms with Gasteiger partial charge in [0.05, 0.1) is 23.0 Å². The van der Waals surface area contributed by atoms with Gasteiger partial charge in [-0.1, -0.05) is 0 Å². The Hall–Kier alpha value is -4.09. The molecule has 0 aliphatic heterocycles. The van der Waals surface area contributed by atoms with Crippen molar-refractivity contribution in [2.24, 2.45) is 5.73 Å². The Morgan fingerprint density at radius 2 is 1.64 bits per heavy atom. The quantitative estimate of drug-likeness (QED) is 0.408. The van der Waals surface area contributed by atoms with Gasteiger partial charge in [0.2, 0.25) is 5.82 Å². The second-order valence-electron chi connectivity index (χ2n) is 6.64. The van der Waals surface area contributed by atoms with Gasteiger partial charge in [0.1, 0.15) is 11.4 Å². The molecule has 33 heavy (non-hydrogen) atoms. The van der Waals surface area contributed by atoms with E-state index in [2.05, 4.69) is 10.3 Å². The molecular formula is C21H13F6N3O3. The van der Waals surface area contributed by atoms with Crippen molar-refractivity contribution >= 4 is 17.5 Å². The number of hydrogen-bond donors (Lipinski definition) is 2. The molecule has 12 heteroatoms. The molecule has 0 aliphatic rings. The lowest BCUT2D eigenvalue weighted by Crippen LogP contribution is -2.19. The van der Waals surface area contributed by atoms with Gasteiger partial charge >= 0.3 is 6.18 Å². The molecule has 0 fully saturated rings. The Bertz CT molecular complexity index is 1240. The van der Waals surface area contributed by atoms with E-state index < -0.39 is 63.6 Å². The van der Waals surface area contributed by atoms with Crippen molar-refractivity contribution in [2.75, 3.05) is 5.32 Å². The third kappa shape index (κ3) is 4.89. The van der Waals surface area contributed by atoms with E-state index in [4.69, 9.17) is 10.5 Å². The summed E-state index contributed by atoms with van der Waals surface area (Å²) in [5.74, 6) is -8.45. The van der Waals surface area contributed by atoms with E-state index in [1.54, 1.807) is 0 Å². The molecular weight excluding hydrogens is 456 g/mol. The lowest BCUT2D eigenvalue weighted by Gasteiger charge is -2.18. The fraction of sp³-hybridized carbons (Fsp3) is 0.0952. The summed E-state index contributed by atoms with van der Waals surface area (Å²) in [5.41, 5.74) is 2.55. The van der Waals surface area contributed by atoms with Crippen LogP contribution in [0.1, 0.15) is 32.0 Å². The monoisotopic (exact) mass is 469 g/mol. The first kappa shape index (κ1) is 23.6. The highest BCUT2D eigenvalue weighted by molar-refractivity contribution is 6.07. The van der Waals surface area contributed by atoms with Crippen molar-refractivity contribution < 1.29 is 40.7 Å². The number of nitrogens with two attached hydrogens (primary N) is 1. The van der Waals surface area contributed by atoms with E-state index in [1.165, 1.54) is 12.1 Å². The number of pyridine rings is 1. The second-order valence-corrected chi connectivity index (χ2v) is 6.64. The van der Waals surface area contributed by atoms with E-state index in [0.29, 0.717) is 12.1 Å². The molecule has 0 bridgehead atoms. The van der Waals surface area contributed by atoms with Gasteiger partial charge in [0.25, 0.3) is 11.8 Å². The van der Waals surface area contributed by atoms with Crippen LogP contribution in [0.25, 0.3) is 0 Å². The van der Waals surface area contributed by atoms with E-state index in [9.17, 15) is 35.9 Å². The number of nitrogens with one attached hydrogen (secondary N) is 1. The Balaban J connectivity index is 2.06. The number of ether oxygens (including phenoxy) is 1. The minimum absolute atomic E-state index is 0.00762. The number of amides is 2. The number of nitrogens with zero attached hydrogens (tertiary/aromatic N) is 1. The van der Waals surface area contributed by atoms with Crippen LogP contribution in [0.3, 0.4) is 0 Å². The molecule has 0 atom stereocenters. The molecule has 172 valence electrons. The number of alkyl halides is 3. The summed E-state index contributed by atoms with van der Waals surface area (Å²) in [4.78, 5) is 27.6. The van der Waals surface area contributed by atoms with Crippen LogP contribution in [-0.2, 0) is 6.18 Å². The van der Waals surface area contributed by atoms with Crippen LogP contribution in [-0.4, -0.2) is 16.8 Å². The Morgan fingerprint density at radius 3 is 2.21 bits per heavy atom. The number of anilines is 1. The number of carbonyl (C=O) groups excluding carboxylic acids is 2. The van der Waals surface area contributed by atoms with Crippen molar-refractivity contribution in [3.8, 4) is 11.5 Å². The zero-order valence-electron chi connectivity index (χ0n) is 16.6. The number of primary amides is 1. The summed E-state index contributed by atoms with van der Waals surface area (Å²) < 4.78 is 86.0. The predicted octanol–water partition coefficient (Wildman–Crippen LogP) is 4.97. The van der Waals surface area contributed by atoms with Gasteiger partial charge < -0.3 is 15.8 Å². The molecule has 1 heterocycles. The molecule has 0 unspecified atom stereocenters. The molecule has 0 aliphatic carbocycles. The maximum atomic E-state index is 14.0. The zero-order chi connectivity index (χ0) is 24.5. The molecule has 3 aromatic rings. The number of rotatable bonds is 5. The third-order valence-electron chi connectivity index (χ3n) is 4.45. The smallest absolute Gasteiger partial charge is 0.416 e. The van der Waals surface area contributed by atoms with Gasteiger partial charge in [-0.15, -0.1) is 0 Å². The normalized spacial score (nSPS) is 11.2. The van der Waals surface area contributed by atoms with E-state index in [1.807, 2.05) is 0 Å². The second kappa shape index (κ2) is 8.81. The maximum absolute atomic E-state index is 14.0. The highest BCUT2D eigenvalue weighted by Gasteiger charge is 2.35. The van der Waals surface area contributed by atoms with Crippen molar-refractivity contribution in [1.29, 1.82) is 0 Å². The zero-order valence-corrected chi connectivity index (χ0v) is 16.6. The van der Waals surface area contributed by atoms with Gasteiger partial charge in [-0.3, -0.25) is 9.59 Å². The van der Waals surface area contributed by atoms with Gasteiger partial charge in [-0.25, -0.2) is 13.8 Å². The number of carbonyl (C=O) groups is 2. The maximum Gasteiger partial charge on any atom is 0.416 e. The Kier molecular flexibility index (Phi) is 6.29. The van der Waals surface area contributed by atoms with Crippen LogP contribution < -0.4 is 15.8 Å². The molecule has 3 rings (SSSR count). The first-order valence-corrected chi connectivity index (χ1v) is 8.99. The fourth-order valence-electron chi connectivity index (χ4n) is 2.87. The standard InChI is InChI=1S/C21H13F6N3O3/c1-9-11(21(25,26)27)3-6-14(33-15-7-4-12(22)17(23)18(15)24)16(9)20(32)30-10-2-5-13(19(28)31)29-8-10/h2-8H,1H3,(H2,28,31)(H,30,32). The van der Waals surface area contributed by atoms with Crippen molar-refractivity contribution in [3.63, 3.8) is 0 Å². The molecule has 0 radical (unpaired) electrons. The van der Waals surface area contributed by atoms with Gasteiger partial charge in [-0.05, 0) is 48.9 Å². The summed E-state index contributed by atoms with van der Waals surface area (Å²) >= 11 is 0. The Labute approximate surface area is 182 Å². The van der Waals surface area contributed by atoms with E-state index in [-0.39, 0.29) is 11.4 Å². The predicted molar refractivity (Wildman–Crippen MR) is 103 cm³/mol. The minimum Gasteiger partial charge on any atom is -0.453 e. The first-order chi connectivity index (χ1) is 15.4. The largest absolute Gasteiger partial charge is 0.453 e. The number of aromatic nitrogens is 1. The molecule has 2 amide bonds. The van der Waals surface area contributed by atoms with Gasteiger partial charge in [-0.2, -0.15) is 17.6 Å². The van der Waals surface area contributed by atoms with Crippen molar-refractivity contribution in [1.82, 2.24) is 4.98 Å². The van der Waals surface area contributed by atoms with E-state index >= 15 is 0 Å². The Morgan fingerprint density at radius 1 is 0.970 bits per heavy atom. The van der Waals surface area contributed by atoms with Crippen molar-refractivity contribution in [3.05, 3.63) is 82.4 Å². The van der Waals surface area contributed by atoms with Crippen LogP contribution in [0.4, 0.5) is 32.0 Å². The lowest BCUT2D eigenvalue weighted by atomic mass is 10.00. The molecule has 1 aromatic heterocycles. The van der Waals surface area contributed by atoms with Gasteiger partial charge in [0.15, 0.2) is 17.4 Å². The van der Waals surface area contributed by atoms with Crippen molar-refractivity contribution in [2.45, 2.75) is 13.1 Å². The summed E-state index contributed by atoms with van der Waals surface area (Å²) in [7, 11) is 0. The average molecular weight is 469 g/mol. The summed E-state index contributed by atoms with van der Waals surface area (Å²) in [6.45, 7) is 0.987. The topological polar surface area (TPSA) is 94.3 Å². The summed E-state index contributed by atoms with van der Waals surface area (Å²) in [6.07, 6.45) is -3.80. The van der Waals surface area contributed by atoms with Crippen LogP contribution in [0.5, 0.6) is 11.5 Å². The molecule has 0 spiro atoms. The number of hydrogen-bond acceptors (Lipinski definition) is 4. The minimum atomic E-state index is -4.84. The molecule has 0 saturated heterocycles. The molecule has 3 N–H and O–H groups in total. The van der Waals surface area contributed by atoms with Gasteiger partial charge in [0, 0.05) is 0 Å². The molecule has 2 aromatic carbocycles. The lowest BCUT2D eigenvalue weighted by molar-refractivity contribution is -0.138. The van der Waals surface area contributed by atoms with Crippen LogP contribution >= 0.6 is 0 Å². The molecule has 0 saturated carbocycles. The van der Waals surface area contributed by atoms with Crippen LogP contribution in [0, 0.1) is 24.4 Å². The first-order valence-electron chi connectivity index (χ1n) is 8.99. The number of halogens is 6. The highest BCUT2D eigenvalue weighted by atomic mass is 19.4. The summed E-state index contributed by atoms with van der Waals surface area (Å²) in [6, 6.07) is 5.02. The van der Waals surface area contributed by atoms with Crippen LogP contribution in [0.2, 0.25) is 0 Å². The SMILES string of the molecule is Cc1c(C(F)(F)F)ccc(Oc2ccc(F)c(F)c2F)c1C(=O)Nc1ccc(C(N)=O)nc1. The fourth-order valence-corrected chi connectivity index (χ4v) is 2.87. The highest BCUT2D eigenvalue weighted by Crippen LogP contribution is 2.38. The van der Waals surface area contributed by atoms with Crippen LogP contribution in [0.15, 0.2) is 42.6 Å². The number of benzene rings is 2. The third-order valence-corrected chi connectivity index (χ3v) is 4.45. The van der Waals surface area contributed by atoms with E-state index in [0.717, 1.165) is 25.3 Å².